The highest BCUT2D eigenvalue weighted by Crippen LogP contribution is 2.32. The third-order valence-electron chi connectivity index (χ3n) is 2.48. The molecule has 0 amide bonds. The van der Waals surface area contributed by atoms with Gasteiger partial charge in [-0.15, -0.1) is 0 Å². The summed E-state index contributed by atoms with van der Waals surface area (Å²) < 4.78 is 11.2. The Bertz CT molecular complexity index is 658. The van der Waals surface area contributed by atoms with Crippen molar-refractivity contribution in [2.45, 2.75) is 20.0 Å². The number of pyridine rings is 1. The van der Waals surface area contributed by atoms with E-state index in [0.717, 1.165) is 0 Å². The van der Waals surface area contributed by atoms with Crippen LogP contribution in [0.3, 0.4) is 0 Å². The number of rotatable bonds is 5. The summed E-state index contributed by atoms with van der Waals surface area (Å²) in [6, 6.07) is 7.78. The summed E-state index contributed by atoms with van der Waals surface area (Å²) >= 11 is 5.80. The fourth-order valence-corrected chi connectivity index (χ4v) is 1.83. The van der Waals surface area contributed by atoms with Crippen molar-refractivity contribution in [2.75, 3.05) is 0 Å². The van der Waals surface area contributed by atoms with Crippen LogP contribution in [-0.2, 0) is 0 Å². The van der Waals surface area contributed by atoms with Crippen LogP contribution in [0.5, 0.6) is 17.4 Å². The minimum Gasteiger partial charge on any atom is -0.485 e. The van der Waals surface area contributed by atoms with E-state index in [1.807, 2.05) is 13.8 Å². The molecule has 1 heterocycles. The van der Waals surface area contributed by atoms with Gasteiger partial charge in [0.15, 0.2) is 5.75 Å². The highest BCUT2D eigenvalue weighted by molar-refractivity contribution is 6.31. The Morgan fingerprint density at radius 1 is 1.29 bits per heavy atom. The molecule has 6 heteroatoms. The van der Waals surface area contributed by atoms with Crippen molar-refractivity contribution in [1.82, 2.24) is 4.98 Å². The number of hydrogen-bond acceptors (Lipinski definition) is 4. The molecular formula is C15H14ClNO4. The SMILES string of the molecule is CC(C)Oc1cccnc1Oc1ccc(Cl)cc1C(=O)O. The van der Waals surface area contributed by atoms with E-state index in [-0.39, 0.29) is 23.3 Å². The van der Waals surface area contributed by atoms with Gasteiger partial charge in [-0.25, -0.2) is 9.78 Å². The van der Waals surface area contributed by atoms with Gasteiger partial charge in [-0.05, 0) is 44.2 Å². The molecule has 0 saturated carbocycles. The van der Waals surface area contributed by atoms with E-state index < -0.39 is 5.97 Å². The topological polar surface area (TPSA) is 68.7 Å². The van der Waals surface area contributed by atoms with Gasteiger partial charge < -0.3 is 14.6 Å². The molecule has 0 fully saturated rings. The Morgan fingerprint density at radius 3 is 2.71 bits per heavy atom. The van der Waals surface area contributed by atoms with Crippen molar-refractivity contribution in [3.63, 3.8) is 0 Å². The second-order valence-corrected chi connectivity index (χ2v) is 4.96. The van der Waals surface area contributed by atoms with Crippen LogP contribution >= 0.6 is 11.6 Å². The standard InChI is InChI=1S/C15H14ClNO4/c1-9(2)20-13-4-3-7-17-14(13)21-12-6-5-10(16)8-11(12)15(18)19/h3-9H,1-2H3,(H,18,19). The first-order valence-corrected chi connectivity index (χ1v) is 6.67. The minimum atomic E-state index is -1.13. The van der Waals surface area contributed by atoms with Crippen molar-refractivity contribution in [2.24, 2.45) is 0 Å². The molecule has 0 aliphatic rings. The smallest absolute Gasteiger partial charge is 0.339 e. The van der Waals surface area contributed by atoms with Crippen molar-refractivity contribution in [3.8, 4) is 17.4 Å². The fraction of sp³-hybridized carbons (Fsp3) is 0.200. The predicted molar refractivity (Wildman–Crippen MR) is 78.5 cm³/mol. The zero-order chi connectivity index (χ0) is 15.4. The second-order valence-electron chi connectivity index (χ2n) is 4.52. The first kappa shape index (κ1) is 15.1. The van der Waals surface area contributed by atoms with E-state index in [2.05, 4.69) is 4.98 Å². The number of carbonyl (C=O) groups is 1. The molecule has 5 nitrogen and oxygen atoms in total. The molecule has 1 aromatic heterocycles. The van der Waals surface area contributed by atoms with Crippen LogP contribution in [0.25, 0.3) is 0 Å². The molecular weight excluding hydrogens is 294 g/mol. The third-order valence-corrected chi connectivity index (χ3v) is 2.71. The molecule has 2 rings (SSSR count). The number of aromatic carboxylic acids is 1. The van der Waals surface area contributed by atoms with E-state index >= 15 is 0 Å². The third kappa shape index (κ3) is 3.86. The molecule has 0 bridgehead atoms. The van der Waals surface area contributed by atoms with Gasteiger partial charge in [0.2, 0.25) is 0 Å². The van der Waals surface area contributed by atoms with E-state index in [0.29, 0.717) is 10.8 Å². The molecule has 0 aliphatic carbocycles. The predicted octanol–water partition coefficient (Wildman–Crippen LogP) is 4.01. The molecule has 0 atom stereocenters. The lowest BCUT2D eigenvalue weighted by molar-refractivity contribution is 0.0694. The number of carboxylic acids is 1. The van der Waals surface area contributed by atoms with Crippen LogP contribution in [0.2, 0.25) is 5.02 Å². The summed E-state index contributed by atoms with van der Waals surface area (Å²) in [5, 5.41) is 9.51. The van der Waals surface area contributed by atoms with E-state index in [1.54, 1.807) is 24.4 Å². The number of hydrogen-bond donors (Lipinski definition) is 1. The van der Waals surface area contributed by atoms with Crippen LogP contribution in [0.4, 0.5) is 0 Å². The molecule has 0 radical (unpaired) electrons. The lowest BCUT2D eigenvalue weighted by Gasteiger charge is -2.14. The first-order valence-electron chi connectivity index (χ1n) is 6.29. The molecule has 2 aromatic rings. The highest BCUT2D eigenvalue weighted by Gasteiger charge is 2.16. The molecule has 0 saturated heterocycles. The van der Waals surface area contributed by atoms with Gasteiger partial charge in [-0.2, -0.15) is 0 Å². The van der Waals surface area contributed by atoms with Crippen LogP contribution in [0.15, 0.2) is 36.5 Å². The van der Waals surface area contributed by atoms with Crippen LogP contribution in [0.1, 0.15) is 24.2 Å². The molecule has 0 aliphatic heterocycles. The normalized spacial score (nSPS) is 10.5. The maximum Gasteiger partial charge on any atom is 0.339 e. The van der Waals surface area contributed by atoms with Gasteiger partial charge in [0.25, 0.3) is 5.88 Å². The average molecular weight is 308 g/mol. The second kappa shape index (κ2) is 6.45. The van der Waals surface area contributed by atoms with Gasteiger partial charge in [-0.1, -0.05) is 11.6 Å². The lowest BCUT2D eigenvalue weighted by atomic mass is 10.2. The lowest BCUT2D eigenvalue weighted by Crippen LogP contribution is -2.07. The summed E-state index contributed by atoms with van der Waals surface area (Å²) in [4.78, 5) is 15.3. The van der Waals surface area contributed by atoms with Gasteiger partial charge in [0.05, 0.1) is 6.10 Å². The van der Waals surface area contributed by atoms with Crippen molar-refractivity contribution < 1.29 is 19.4 Å². The molecule has 0 unspecified atom stereocenters. The van der Waals surface area contributed by atoms with Gasteiger partial charge in [0, 0.05) is 11.2 Å². The molecule has 1 aromatic carbocycles. The fourth-order valence-electron chi connectivity index (χ4n) is 1.66. The zero-order valence-corrected chi connectivity index (χ0v) is 12.3. The Kier molecular flexibility index (Phi) is 4.65. The zero-order valence-electron chi connectivity index (χ0n) is 11.5. The number of carboxylic acid groups (broad SMARTS) is 1. The minimum absolute atomic E-state index is 0.0383. The maximum absolute atomic E-state index is 11.2. The number of nitrogens with zero attached hydrogens (tertiary/aromatic N) is 1. The van der Waals surface area contributed by atoms with Gasteiger partial charge in [-0.3, -0.25) is 0 Å². The Morgan fingerprint density at radius 2 is 2.05 bits per heavy atom. The van der Waals surface area contributed by atoms with Crippen LogP contribution < -0.4 is 9.47 Å². The molecule has 0 spiro atoms. The quantitative estimate of drug-likeness (QED) is 0.903. The summed E-state index contributed by atoms with van der Waals surface area (Å²) in [6.07, 6.45) is 1.49. The number of benzene rings is 1. The van der Waals surface area contributed by atoms with Crippen LogP contribution in [-0.4, -0.2) is 22.2 Å². The Hall–Kier alpha value is -2.27. The molecule has 21 heavy (non-hydrogen) atoms. The largest absolute Gasteiger partial charge is 0.485 e. The van der Waals surface area contributed by atoms with Gasteiger partial charge >= 0.3 is 5.97 Å². The summed E-state index contributed by atoms with van der Waals surface area (Å²) in [5.74, 6) is -0.330. The van der Waals surface area contributed by atoms with Crippen molar-refractivity contribution in [3.05, 3.63) is 47.1 Å². The van der Waals surface area contributed by atoms with E-state index in [1.165, 1.54) is 12.1 Å². The molecule has 1 N–H and O–H groups in total. The monoisotopic (exact) mass is 307 g/mol. The first-order chi connectivity index (χ1) is 9.97. The van der Waals surface area contributed by atoms with E-state index in [4.69, 9.17) is 21.1 Å². The summed E-state index contributed by atoms with van der Waals surface area (Å²) in [7, 11) is 0. The van der Waals surface area contributed by atoms with Crippen molar-refractivity contribution in [1.29, 1.82) is 0 Å². The number of ether oxygens (including phenoxy) is 2. The maximum atomic E-state index is 11.2. The van der Waals surface area contributed by atoms with Gasteiger partial charge in [0.1, 0.15) is 11.3 Å². The number of aromatic nitrogens is 1. The molecule has 110 valence electrons. The van der Waals surface area contributed by atoms with E-state index in [9.17, 15) is 9.90 Å². The van der Waals surface area contributed by atoms with Crippen molar-refractivity contribution >= 4 is 17.6 Å². The Labute approximate surface area is 127 Å². The summed E-state index contributed by atoms with van der Waals surface area (Å²) in [6.45, 7) is 3.75. The summed E-state index contributed by atoms with van der Waals surface area (Å²) in [5.41, 5.74) is -0.0383. The highest BCUT2D eigenvalue weighted by atomic mass is 35.5. The Balaban J connectivity index is 2.37. The number of halogens is 1. The van der Waals surface area contributed by atoms with Crippen LogP contribution in [0, 0.1) is 0 Å². The average Bonchev–Trinajstić information content (AvgIpc) is 2.42.